The van der Waals surface area contributed by atoms with E-state index in [1.165, 1.54) is 6.20 Å². The van der Waals surface area contributed by atoms with Crippen LogP contribution in [0.5, 0.6) is 0 Å². The fourth-order valence-electron chi connectivity index (χ4n) is 1.25. The van der Waals surface area contributed by atoms with Crippen molar-refractivity contribution in [3.05, 3.63) is 18.1 Å². The summed E-state index contributed by atoms with van der Waals surface area (Å²) in [4.78, 5) is 30.7. The molecule has 18 heavy (non-hydrogen) atoms. The third kappa shape index (κ3) is 4.36. The molecule has 3 N–H and O–H groups in total. The normalized spacial score (nSPS) is 9.67. The van der Waals surface area contributed by atoms with Gasteiger partial charge < -0.3 is 16.0 Å². The molecule has 0 aromatic carbocycles. The van der Waals surface area contributed by atoms with E-state index >= 15 is 0 Å². The van der Waals surface area contributed by atoms with Crippen molar-refractivity contribution in [3.8, 4) is 0 Å². The molecule has 0 saturated carbocycles. The maximum atomic E-state index is 11.7. The van der Waals surface area contributed by atoms with Crippen molar-refractivity contribution in [2.24, 2.45) is 0 Å². The van der Waals surface area contributed by atoms with Crippen molar-refractivity contribution in [2.75, 3.05) is 25.5 Å². The van der Waals surface area contributed by atoms with Gasteiger partial charge in [-0.2, -0.15) is 0 Å². The minimum atomic E-state index is -0.342. The highest BCUT2D eigenvalue weighted by Gasteiger charge is 2.08. The van der Waals surface area contributed by atoms with Gasteiger partial charge in [-0.1, -0.05) is 0 Å². The van der Waals surface area contributed by atoms with Crippen molar-refractivity contribution in [1.82, 2.24) is 20.6 Å². The van der Waals surface area contributed by atoms with E-state index in [0.717, 1.165) is 0 Å². The number of carbonyl (C=O) groups is 2. The molecule has 0 aliphatic heterocycles. The number of anilines is 1. The van der Waals surface area contributed by atoms with Gasteiger partial charge in [0, 0.05) is 26.6 Å². The first-order valence-electron chi connectivity index (χ1n) is 5.72. The number of nitrogens with zero attached hydrogens (tertiary/aromatic N) is 2. The van der Waals surface area contributed by atoms with Gasteiger partial charge in [-0.15, -0.1) is 0 Å². The largest absolute Gasteiger partial charge is 0.369 e. The molecule has 0 fully saturated rings. The maximum absolute atomic E-state index is 11.7. The summed E-state index contributed by atoms with van der Waals surface area (Å²) >= 11 is 0. The van der Waals surface area contributed by atoms with Gasteiger partial charge in [0.25, 0.3) is 5.91 Å². The lowest BCUT2D eigenvalue weighted by Crippen LogP contribution is -2.29. The predicted molar refractivity (Wildman–Crippen MR) is 67.2 cm³/mol. The fourth-order valence-corrected chi connectivity index (χ4v) is 1.25. The summed E-state index contributed by atoms with van der Waals surface area (Å²) in [7, 11) is 1.55. The van der Waals surface area contributed by atoms with Crippen molar-refractivity contribution in [2.45, 2.75) is 13.3 Å². The lowest BCUT2D eigenvalue weighted by molar-refractivity contribution is -0.120. The van der Waals surface area contributed by atoms with Gasteiger partial charge in [-0.3, -0.25) is 14.6 Å². The number of amides is 2. The molecule has 0 atom stereocenters. The average Bonchev–Trinajstić information content (AvgIpc) is 2.39. The number of nitrogens with one attached hydrogen (secondary N) is 3. The number of carbonyl (C=O) groups excluding carboxylic acids is 2. The van der Waals surface area contributed by atoms with E-state index in [-0.39, 0.29) is 30.5 Å². The van der Waals surface area contributed by atoms with Crippen molar-refractivity contribution in [3.63, 3.8) is 0 Å². The highest BCUT2D eigenvalue weighted by molar-refractivity contribution is 5.92. The van der Waals surface area contributed by atoms with Gasteiger partial charge in [-0.05, 0) is 6.92 Å². The minimum Gasteiger partial charge on any atom is -0.369 e. The summed E-state index contributed by atoms with van der Waals surface area (Å²) in [5.74, 6) is 0.0883. The molecule has 0 unspecified atom stereocenters. The second-order valence-corrected chi connectivity index (χ2v) is 3.50. The molecule has 2 amide bonds. The Morgan fingerprint density at radius 2 is 2.11 bits per heavy atom. The van der Waals surface area contributed by atoms with Gasteiger partial charge in [-0.25, -0.2) is 4.98 Å². The topological polar surface area (TPSA) is 96.0 Å². The Bertz CT molecular complexity index is 422. The molecule has 0 saturated heterocycles. The molecule has 1 rings (SSSR count). The Morgan fingerprint density at radius 3 is 2.78 bits per heavy atom. The average molecular weight is 251 g/mol. The fraction of sp³-hybridized carbons (Fsp3) is 0.455. The van der Waals surface area contributed by atoms with Gasteiger partial charge in [0.05, 0.1) is 12.4 Å². The Balaban J connectivity index is 2.50. The lowest BCUT2D eigenvalue weighted by Gasteiger charge is -2.06. The van der Waals surface area contributed by atoms with Gasteiger partial charge in [0.15, 0.2) is 0 Å². The highest BCUT2D eigenvalue weighted by Crippen LogP contribution is 2.01. The maximum Gasteiger partial charge on any atom is 0.271 e. The molecule has 1 heterocycles. The molecule has 0 aliphatic rings. The van der Waals surface area contributed by atoms with Crippen LogP contribution in [-0.2, 0) is 4.79 Å². The molecule has 1 aromatic rings. The number of hydrogen-bond donors (Lipinski definition) is 3. The van der Waals surface area contributed by atoms with Crippen LogP contribution in [0.15, 0.2) is 12.4 Å². The Morgan fingerprint density at radius 1 is 1.33 bits per heavy atom. The van der Waals surface area contributed by atoms with E-state index in [0.29, 0.717) is 12.4 Å². The zero-order valence-corrected chi connectivity index (χ0v) is 10.5. The molecule has 0 aliphatic carbocycles. The van der Waals surface area contributed by atoms with E-state index in [1.54, 1.807) is 13.2 Å². The van der Waals surface area contributed by atoms with Crippen LogP contribution in [0.4, 0.5) is 5.82 Å². The first-order chi connectivity index (χ1) is 8.67. The summed E-state index contributed by atoms with van der Waals surface area (Å²) in [5.41, 5.74) is 0.227. The Hall–Kier alpha value is -2.18. The lowest BCUT2D eigenvalue weighted by atomic mass is 10.3. The van der Waals surface area contributed by atoms with Crippen LogP contribution in [0.2, 0.25) is 0 Å². The molecule has 1 aromatic heterocycles. The Labute approximate surface area is 105 Å². The van der Waals surface area contributed by atoms with E-state index in [2.05, 4.69) is 25.9 Å². The van der Waals surface area contributed by atoms with E-state index < -0.39 is 0 Å². The molecule has 0 bridgehead atoms. The summed E-state index contributed by atoms with van der Waals surface area (Å²) in [6, 6.07) is 0. The molecule has 0 spiro atoms. The van der Waals surface area contributed by atoms with Gasteiger partial charge >= 0.3 is 0 Å². The molecule has 7 nitrogen and oxygen atoms in total. The number of hydrogen-bond acceptors (Lipinski definition) is 5. The van der Waals surface area contributed by atoms with Crippen molar-refractivity contribution < 1.29 is 9.59 Å². The quantitative estimate of drug-likeness (QED) is 0.649. The standard InChI is InChI=1S/C11H17N5O2/c1-3-14-9-7-13-6-8(16-9)11(18)15-5-4-10(17)12-2/h6-7H,3-5H2,1-2H3,(H,12,17)(H,14,16)(H,15,18). The number of aromatic nitrogens is 2. The second-order valence-electron chi connectivity index (χ2n) is 3.50. The SMILES string of the molecule is CCNc1cncc(C(=O)NCCC(=O)NC)n1. The first kappa shape index (κ1) is 13.9. The summed E-state index contributed by atoms with van der Waals surface area (Å²) in [6.45, 7) is 2.90. The first-order valence-corrected chi connectivity index (χ1v) is 5.72. The summed E-state index contributed by atoms with van der Waals surface area (Å²) < 4.78 is 0. The smallest absolute Gasteiger partial charge is 0.271 e. The molecular weight excluding hydrogens is 234 g/mol. The van der Waals surface area contributed by atoms with Crippen LogP contribution in [0, 0.1) is 0 Å². The van der Waals surface area contributed by atoms with Crippen LogP contribution in [-0.4, -0.2) is 41.9 Å². The molecule has 7 heteroatoms. The predicted octanol–water partition coefficient (Wildman–Crippen LogP) is -0.226. The van der Waals surface area contributed by atoms with Gasteiger partial charge in [0.1, 0.15) is 11.5 Å². The Kier molecular flexibility index (Phi) is 5.56. The van der Waals surface area contributed by atoms with Crippen molar-refractivity contribution in [1.29, 1.82) is 0 Å². The second kappa shape index (κ2) is 7.21. The van der Waals surface area contributed by atoms with Crippen LogP contribution < -0.4 is 16.0 Å². The molecular formula is C11H17N5O2. The van der Waals surface area contributed by atoms with E-state index in [9.17, 15) is 9.59 Å². The number of rotatable bonds is 6. The third-order valence-corrected chi connectivity index (χ3v) is 2.14. The van der Waals surface area contributed by atoms with Crippen LogP contribution in [0.1, 0.15) is 23.8 Å². The summed E-state index contributed by atoms with van der Waals surface area (Å²) in [6.07, 6.45) is 3.17. The molecule has 0 radical (unpaired) electrons. The van der Waals surface area contributed by atoms with Crippen molar-refractivity contribution >= 4 is 17.6 Å². The minimum absolute atomic E-state index is 0.122. The van der Waals surface area contributed by atoms with Crippen LogP contribution >= 0.6 is 0 Å². The van der Waals surface area contributed by atoms with Crippen LogP contribution in [0.25, 0.3) is 0 Å². The monoisotopic (exact) mass is 251 g/mol. The van der Waals surface area contributed by atoms with E-state index in [4.69, 9.17) is 0 Å². The molecule has 98 valence electrons. The third-order valence-electron chi connectivity index (χ3n) is 2.14. The highest BCUT2D eigenvalue weighted by atomic mass is 16.2. The van der Waals surface area contributed by atoms with Crippen LogP contribution in [0.3, 0.4) is 0 Å². The van der Waals surface area contributed by atoms with E-state index in [1.807, 2.05) is 6.92 Å². The summed E-state index contributed by atoms with van der Waals surface area (Å²) in [5, 5.41) is 8.05. The zero-order valence-electron chi connectivity index (χ0n) is 10.5. The van der Waals surface area contributed by atoms with Gasteiger partial charge in [0.2, 0.25) is 5.91 Å². The zero-order chi connectivity index (χ0) is 13.4.